The van der Waals surface area contributed by atoms with E-state index >= 15 is 0 Å². The zero-order valence-electron chi connectivity index (χ0n) is 17.0. The molecule has 3 aromatic rings. The van der Waals surface area contributed by atoms with E-state index < -0.39 is 23.8 Å². The molecule has 0 amide bonds. The van der Waals surface area contributed by atoms with Crippen molar-refractivity contribution in [2.75, 3.05) is 31.1 Å². The number of hydrogen-bond acceptors (Lipinski definition) is 7. The third-order valence-electron chi connectivity index (χ3n) is 3.87. The average molecular weight is 625 g/mol. The number of aromatic nitrogens is 3. The Kier molecular flexibility index (Phi) is 8.65. The minimum Gasteiger partial charge on any atom is -0.493 e. The van der Waals surface area contributed by atoms with Crippen LogP contribution in [0.25, 0.3) is 11.3 Å². The van der Waals surface area contributed by atoms with Crippen LogP contribution < -0.4 is 9.91 Å². The predicted octanol–water partition coefficient (Wildman–Crippen LogP) is 3.26. The first-order chi connectivity index (χ1) is 14.7. The predicted molar refractivity (Wildman–Crippen MR) is 107 cm³/mol. The molecule has 0 N–H and O–H groups in total. The summed E-state index contributed by atoms with van der Waals surface area (Å²) >= 11 is 0. The van der Waals surface area contributed by atoms with E-state index in [9.17, 15) is 17.6 Å². The molecular weight excluding hydrogens is 609 g/mol. The minimum atomic E-state index is -0.936. The molecule has 0 unspecified atom stereocenters. The van der Waals surface area contributed by atoms with Gasteiger partial charge in [-0.1, -0.05) is 17.7 Å². The van der Waals surface area contributed by atoms with Gasteiger partial charge in [-0.3, -0.25) is 13.8 Å². The molecule has 0 atom stereocenters. The quantitative estimate of drug-likeness (QED) is 0.253. The van der Waals surface area contributed by atoms with Crippen molar-refractivity contribution in [2.45, 2.75) is 0 Å². The summed E-state index contributed by atoms with van der Waals surface area (Å²) in [6, 6.07) is 10.3. The number of hydrogen-bond donors (Lipinski definition) is 0. The van der Waals surface area contributed by atoms with Crippen molar-refractivity contribution in [3.05, 3.63) is 73.1 Å². The van der Waals surface area contributed by atoms with Gasteiger partial charge in [0.15, 0.2) is 0 Å². The van der Waals surface area contributed by atoms with Gasteiger partial charge in [0.2, 0.25) is 0 Å². The molecule has 0 aliphatic carbocycles. The van der Waals surface area contributed by atoms with Gasteiger partial charge < -0.3 is 24.8 Å². The van der Waals surface area contributed by atoms with Gasteiger partial charge in [0.25, 0.3) is 0 Å². The van der Waals surface area contributed by atoms with Gasteiger partial charge in [0.05, 0.1) is 12.3 Å². The van der Waals surface area contributed by atoms with Crippen LogP contribution in [0.2, 0.25) is 0 Å². The molecule has 32 heavy (non-hydrogen) atoms. The summed E-state index contributed by atoms with van der Waals surface area (Å²) in [5.41, 5.74) is 1.30. The Balaban J connectivity index is 0.000000224. The van der Waals surface area contributed by atoms with Crippen LogP contribution in [0.15, 0.2) is 35.6 Å². The van der Waals surface area contributed by atoms with Crippen molar-refractivity contribution in [3.63, 3.8) is 0 Å². The molecule has 0 radical (unpaired) electrons. The van der Waals surface area contributed by atoms with Crippen molar-refractivity contribution >= 4 is 17.7 Å². The van der Waals surface area contributed by atoms with Crippen LogP contribution in [0.4, 0.5) is 28.9 Å². The Morgan fingerprint density at radius 2 is 1.66 bits per heavy atom. The number of hydrazone groups is 1. The van der Waals surface area contributed by atoms with Crippen LogP contribution in [-0.4, -0.2) is 47.3 Å². The molecule has 0 spiro atoms. The Hall–Kier alpha value is -3.07. The third kappa shape index (κ3) is 6.22. The normalized spacial score (nSPS) is 12.2. The molecular formula is C20H16F4N7Pt-3. The van der Waals surface area contributed by atoms with E-state index in [4.69, 9.17) is 0 Å². The van der Waals surface area contributed by atoms with E-state index in [0.717, 1.165) is 17.8 Å². The van der Waals surface area contributed by atoms with Crippen molar-refractivity contribution in [1.29, 1.82) is 0 Å². The summed E-state index contributed by atoms with van der Waals surface area (Å²) < 4.78 is 51.6. The molecule has 3 aromatic heterocycles. The SMILES string of the molecule is CN(C)c1ccnc(-c2[c-]cc(F)nc2F)c1.CN1C=NN(c2[c-]cc(F)nc2F)[CH-]1.[Pt]. The van der Waals surface area contributed by atoms with Crippen LogP contribution in [0.3, 0.4) is 0 Å². The van der Waals surface area contributed by atoms with E-state index in [1.54, 1.807) is 30.3 Å². The van der Waals surface area contributed by atoms with Crippen molar-refractivity contribution in [1.82, 2.24) is 19.9 Å². The number of pyridine rings is 3. The first-order valence-electron chi connectivity index (χ1n) is 8.76. The topological polar surface area (TPSA) is 60.8 Å². The van der Waals surface area contributed by atoms with Gasteiger partial charge in [-0.25, -0.2) is 8.78 Å². The molecule has 1 aliphatic rings. The first kappa shape index (κ1) is 25.2. The van der Waals surface area contributed by atoms with Crippen LogP contribution >= 0.6 is 0 Å². The van der Waals surface area contributed by atoms with Gasteiger partial charge in [-0.15, -0.1) is 18.8 Å². The molecule has 0 saturated carbocycles. The Labute approximate surface area is 196 Å². The van der Waals surface area contributed by atoms with Gasteiger partial charge in [-0.2, -0.15) is 11.2 Å². The van der Waals surface area contributed by atoms with Gasteiger partial charge >= 0.3 is 0 Å². The number of halogens is 4. The van der Waals surface area contributed by atoms with Crippen LogP contribution in [0.1, 0.15) is 0 Å². The number of rotatable bonds is 3. The molecule has 172 valence electrons. The summed E-state index contributed by atoms with van der Waals surface area (Å²) in [5, 5.41) is 5.05. The molecule has 4 rings (SSSR count). The standard InChI is InChI=1S/C12H10F2N3.C8H6F2N4.Pt/c1-17(2)8-5-6-15-10(7-8)9-3-4-11(13)16-12(9)14;1-13-4-11-14(5-13)6-2-3-7(9)12-8(6)10;/h4-7H,1-2H3;3-5H,1H3;/q-1;-2;. The van der Waals surface area contributed by atoms with Gasteiger partial charge in [-0.05, 0) is 24.5 Å². The minimum absolute atomic E-state index is 0. The Morgan fingerprint density at radius 1 is 1.00 bits per heavy atom. The molecule has 12 heteroatoms. The Bertz CT molecular complexity index is 1100. The zero-order chi connectivity index (χ0) is 22.5. The fourth-order valence-corrected chi connectivity index (χ4v) is 2.40. The third-order valence-corrected chi connectivity index (χ3v) is 3.87. The molecule has 7 nitrogen and oxygen atoms in total. The summed E-state index contributed by atoms with van der Waals surface area (Å²) in [4.78, 5) is 13.6. The molecule has 0 saturated heterocycles. The van der Waals surface area contributed by atoms with E-state index in [-0.39, 0.29) is 32.3 Å². The molecule has 4 heterocycles. The number of nitrogens with zero attached hydrogens (tertiary/aromatic N) is 7. The second-order valence-electron chi connectivity index (χ2n) is 6.40. The van der Waals surface area contributed by atoms with E-state index in [1.807, 2.05) is 19.0 Å². The second kappa shape index (κ2) is 11.0. The molecule has 0 aromatic carbocycles. The first-order valence-corrected chi connectivity index (χ1v) is 8.76. The maximum atomic E-state index is 13.4. The monoisotopic (exact) mass is 625 g/mol. The number of anilines is 2. The molecule has 0 fully saturated rings. The van der Waals surface area contributed by atoms with Crippen molar-refractivity contribution in [2.24, 2.45) is 5.10 Å². The van der Waals surface area contributed by atoms with Crippen molar-refractivity contribution < 1.29 is 38.6 Å². The van der Waals surface area contributed by atoms with E-state index in [2.05, 4.69) is 32.2 Å². The Morgan fingerprint density at radius 3 is 2.22 bits per heavy atom. The maximum Gasteiger partial charge on any atom is 0.128 e. The van der Waals surface area contributed by atoms with Crippen LogP contribution in [-0.2, 0) is 21.1 Å². The van der Waals surface area contributed by atoms with Gasteiger partial charge in [0, 0.05) is 47.0 Å². The molecule has 0 bridgehead atoms. The zero-order valence-corrected chi connectivity index (χ0v) is 19.3. The van der Waals surface area contributed by atoms with Crippen LogP contribution in [0, 0.1) is 42.6 Å². The maximum absolute atomic E-state index is 13.4. The fourth-order valence-electron chi connectivity index (χ4n) is 2.40. The average Bonchev–Trinajstić information content (AvgIpc) is 3.14. The summed E-state index contributed by atoms with van der Waals surface area (Å²) in [5.74, 6) is -3.64. The smallest absolute Gasteiger partial charge is 0.128 e. The van der Waals surface area contributed by atoms with Crippen LogP contribution in [0.5, 0.6) is 0 Å². The summed E-state index contributed by atoms with van der Waals surface area (Å²) in [6.45, 7) is 1.52. The summed E-state index contributed by atoms with van der Waals surface area (Å²) in [7, 11) is 5.46. The fraction of sp³-hybridized carbons (Fsp3) is 0.150. The van der Waals surface area contributed by atoms with E-state index in [0.29, 0.717) is 5.69 Å². The summed E-state index contributed by atoms with van der Waals surface area (Å²) in [6.07, 6.45) is 3.04. The van der Waals surface area contributed by atoms with Crippen molar-refractivity contribution in [3.8, 4) is 11.3 Å². The van der Waals surface area contributed by atoms with Gasteiger partial charge in [0.1, 0.15) is 17.8 Å². The molecule has 1 aliphatic heterocycles. The second-order valence-corrected chi connectivity index (χ2v) is 6.40. The largest absolute Gasteiger partial charge is 0.493 e. The van der Waals surface area contributed by atoms with E-state index in [1.165, 1.54) is 18.0 Å².